The number of amides is 2. The molecule has 1 aliphatic heterocycles. The van der Waals surface area contributed by atoms with Crippen molar-refractivity contribution in [1.29, 1.82) is 0 Å². The van der Waals surface area contributed by atoms with E-state index in [4.69, 9.17) is 19.9 Å². The van der Waals surface area contributed by atoms with Gasteiger partial charge in [0, 0.05) is 25.7 Å². The van der Waals surface area contributed by atoms with E-state index in [9.17, 15) is 14.2 Å². The molecule has 0 aromatic rings. The Morgan fingerprint density at radius 2 is 1.87 bits per heavy atom. The van der Waals surface area contributed by atoms with Crippen LogP contribution in [0.2, 0.25) is 0 Å². The lowest BCUT2D eigenvalue weighted by Crippen LogP contribution is -2.58. The predicted octanol–water partition coefficient (Wildman–Crippen LogP) is 0.791. The lowest BCUT2D eigenvalue weighted by atomic mass is 10.1. The molecule has 3 N–H and O–H groups in total. The van der Waals surface area contributed by atoms with Crippen molar-refractivity contribution >= 4 is 19.6 Å². The molecule has 0 saturated carbocycles. The third kappa shape index (κ3) is 5.46. The molecule has 2 amide bonds. The number of hydrogen-bond donors (Lipinski definition) is 2. The Kier molecular flexibility index (Phi) is 7.47. The summed E-state index contributed by atoms with van der Waals surface area (Å²) in [7, 11) is -3.41. The molecule has 1 unspecified atom stereocenters. The molecule has 1 fully saturated rings. The molecule has 23 heavy (non-hydrogen) atoms. The molecule has 0 radical (unpaired) electrons. The molecule has 1 heterocycles. The summed E-state index contributed by atoms with van der Waals surface area (Å²) < 4.78 is 22.8. The van der Waals surface area contributed by atoms with Crippen molar-refractivity contribution in [2.75, 3.05) is 39.0 Å². The van der Waals surface area contributed by atoms with Crippen molar-refractivity contribution in [2.45, 2.75) is 32.9 Å². The molecule has 134 valence electrons. The van der Waals surface area contributed by atoms with Gasteiger partial charge in [0.25, 0.3) is 0 Å². The van der Waals surface area contributed by atoms with Crippen molar-refractivity contribution in [3.05, 3.63) is 0 Å². The molecule has 9 nitrogen and oxygen atoms in total. The van der Waals surface area contributed by atoms with Gasteiger partial charge in [0.1, 0.15) is 0 Å². The van der Waals surface area contributed by atoms with Crippen molar-refractivity contribution in [1.82, 2.24) is 9.80 Å². The third-order valence-corrected chi connectivity index (χ3v) is 5.71. The summed E-state index contributed by atoms with van der Waals surface area (Å²) in [5, 5.41) is 8.99. The summed E-state index contributed by atoms with van der Waals surface area (Å²) >= 11 is 0. The first kappa shape index (κ1) is 19.9. The van der Waals surface area contributed by atoms with E-state index in [0.29, 0.717) is 0 Å². The smallest absolute Gasteiger partial charge is 0.407 e. The van der Waals surface area contributed by atoms with Crippen LogP contribution in [0.1, 0.15) is 20.8 Å². The van der Waals surface area contributed by atoms with Gasteiger partial charge in [-0.2, -0.15) is 0 Å². The topological polar surface area (TPSA) is 122 Å². The number of rotatable bonds is 7. The fraction of sp³-hybridized carbons (Fsp3) is 0.846. The minimum Gasteiger partial charge on any atom is -0.465 e. The Bertz CT molecular complexity index is 465. The summed E-state index contributed by atoms with van der Waals surface area (Å²) in [5.41, 5.74) is 5.90. The van der Waals surface area contributed by atoms with Crippen LogP contribution in [-0.2, 0) is 18.4 Å². The van der Waals surface area contributed by atoms with E-state index < -0.39 is 19.7 Å². The molecule has 0 aromatic heterocycles. The second-order valence-electron chi connectivity index (χ2n) is 5.34. The number of piperazine rings is 1. The number of carboxylic acid groups (broad SMARTS) is 1. The average molecular weight is 351 g/mol. The Morgan fingerprint density at radius 3 is 2.30 bits per heavy atom. The second kappa shape index (κ2) is 8.63. The molecule has 0 spiro atoms. The highest BCUT2D eigenvalue weighted by Crippen LogP contribution is 2.48. The van der Waals surface area contributed by atoms with Gasteiger partial charge in [-0.15, -0.1) is 0 Å². The molecule has 1 rings (SSSR count). The maximum Gasteiger partial charge on any atom is 0.407 e. The van der Waals surface area contributed by atoms with Gasteiger partial charge in [0.05, 0.1) is 25.4 Å². The highest BCUT2D eigenvalue weighted by molar-refractivity contribution is 7.53. The van der Waals surface area contributed by atoms with Gasteiger partial charge < -0.3 is 29.7 Å². The summed E-state index contributed by atoms with van der Waals surface area (Å²) in [5.74, 6) is -0.373. The van der Waals surface area contributed by atoms with Crippen LogP contribution < -0.4 is 5.73 Å². The first-order chi connectivity index (χ1) is 10.7. The van der Waals surface area contributed by atoms with E-state index in [1.54, 1.807) is 20.8 Å². The summed E-state index contributed by atoms with van der Waals surface area (Å²) in [6.07, 6.45) is -1.20. The first-order valence-electron chi connectivity index (χ1n) is 7.66. The summed E-state index contributed by atoms with van der Waals surface area (Å²) in [6.45, 7) is 6.24. The minimum absolute atomic E-state index is 0.195. The maximum atomic E-state index is 12.5. The zero-order chi connectivity index (χ0) is 17.6. The van der Waals surface area contributed by atoms with Gasteiger partial charge in [0.15, 0.2) is 0 Å². The molecule has 0 aromatic carbocycles. The number of carbonyl (C=O) groups excluding carboxylic acids is 1. The summed E-state index contributed by atoms with van der Waals surface area (Å²) in [4.78, 5) is 26.2. The van der Waals surface area contributed by atoms with Crippen LogP contribution in [0, 0.1) is 0 Å². The number of carbonyl (C=O) groups is 2. The van der Waals surface area contributed by atoms with E-state index in [1.165, 1.54) is 9.80 Å². The zero-order valence-electron chi connectivity index (χ0n) is 13.8. The molecule has 1 aliphatic rings. The molecule has 1 saturated heterocycles. The maximum absolute atomic E-state index is 12.5. The predicted molar refractivity (Wildman–Crippen MR) is 84.5 cm³/mol. The first-order valence-corrected chi connectivity index (χ1v) is 9.39. The molecular formula is C13H26N3O6P. The van der Waals surface area contributed by atoms with Crippen LogP contribution in [0.15, 0.2) is 0 Å². The van der Waals surface area contributed by atoms with Gasteiger partial charge in [0.2, 0.25) is 5.91 Å². The van der Waals surface area contributed by atoms with Crippen molar-refractivity contribution in [3.63, 3.8) is 0 Å². The van der Waals surface area contributed by atoms with Gasteiger partial charge in [-0.3, -0.25) is 9.36 Å². The van der Waals surface area contributed by atoms with E-state index in [1.807, 2.05) is 0 Å². The Morgan fingerprint density at radius 1 is 1.30 bits per heavy atom. The van der Waals surface area contributed by atoms with Crippen molar-refractivity contribution in [3.8, 4) is 0 Å². The Hall–Kier alpha value is -1.15. The van der Waals surface area contributed by atoms with Crippen molar-refractivity contribution < 1.29 is 28.3 Å². The van der Waals surface area contributed by atoms with E-state index >= 15 is 0 Å². The standard InChI is InChI=1S/C13H26N3O6P/c1-4-21-23(20,22-5-2)9-11(14)12(17)16-7-6-15(13(18)19)8-10(16)3/h10-11H,4-9,14H2,1-3H3,(H,18,19)/t10?,11-/m0/s1. The monoisotopic (exact) mass is 351 g/mol. The van der Waals surface area contributed by atoms with Gasteiger partial charge in [-0.25, -0.2) is 4.79 Å². The minimum atomic E-state index is -3.41. The van der Waals surface area contributed by atoms with Crippen LogP contribution in [0.3, 0.4) is 0 Å². The van der Waals surface area contributed by atoms with Crippen LogP contribution in [-0.4, -0.2) is 78.0 Å². The number of nitrogens with two attached hydrogens (primary N) is 1. The quantitative estimate of drug-likeness (QED) is 0.650. The Balaban J connectivity index is 2.69. The number of nitrogens with zero attached hydrogens (tertiary/aromatic N) is 2. The molecule has 2 atom stereocenters. The third-order valence-electron chi connectivity index (χ3n) is 3.57. The molecule has 0 aliphatic carbocycles. The van der Waals surface area contributed by atoms with Crippen LogP contribution >= 0.6 is 7.60 Å². The lowest BCUT2D eigenvalue weighted by Gasteiger charge is -2.39. The highest BCUT2D eigenvalue weighted by Gasteiger charge is 2.36. The summed E-state index contributed by atoms with van der Waals surface area (Å²) in [6, 6.07) is -1.31. The van der Waals surface area contributed by atoms with E-state index in [0.717, 1.165) is 0 Å². The largest absolute Gasteiger partial charge is 0.465 e. The van der Waals surface area contributed by atoms with Crippen LogP contribution in [0.5, 0.6) is 0 Å². The lowest BCUT2D eigenvalue weighted by molar-refractivity contribution is -0.136. The molecule has 0 bridgehead atoms. The fourth-order valence-electron chi connectivity index (χ4n) is 2.53. The van der Waals surface area contributed by atoms with Crippen LogP contribution in [0.25, 0.3) is 0 Å². The average Bonchev–Trinajstić information content (AvgIpc) is 2.46. The second-order valence-corrected chi connectivity index (χ2v) is 7.45. The zero-order valence-corrected chi connectivity index (χ0v) is 14.7. The van der Waals surface area contributed by atoms with Gasteiger partial charge in [-0.1, -0.05) is 0 Å². The normalized spacial score (nSPS) is 20.4. The Labute approximate surface area is 136 Å². The SMILES string of the molecule is CCOP(=O)(C[C@H](N)C(=O)N1CCN(C(=O)O)CC1C)OCC. The molecular weight excluding hydrogens is 325 g/mol. The highest BCUT2D eigenvalue weighted by atomic mass is 31.2. The van der Waals surface area contributed by atoms with Gasteiger partial charge >= 0.3 is 13.7 Å². The number of hydrogen-bond acceptors (Lipinski definition) is 6. The van der Waals surface area contributed by atoms with E-state index in [-0.39, 0.29) is 51.0 Å². The van der Waals surface area contributed by atoms with Crippen LogP contribution in [0.4, 0.5) is 4.79 Å². The fourth-order valence-corrected chi connectivity index (χ4v) is 4.24. The van der Waals surface area contributed by atoms with Gasteiger partial charge in [-0.05, 0) is 20.8 Å². The molecule has 10 heteroatoms. The van der Waals surface area contributed by atoms with Crippen molar-refractivity contribution in [2.24, 2.45) is 5.73 Å². The van der Waals surface area contributed by atoms with E-state index in [2.05, 4.69) is 0 Å².